The van der Waals surface area contributed by atoms with E-state index in [9.17, 15) is 4.79 Å². The van der Waals surface area contributed by atoms with Crippen LogP contribution in [0.5, 0.6) is 0 Å². The number of amides is 1. The van der Waals surface area contributed by atoms with Crippen molar-refractivity contribution < 1.29 is 9.21 Å². The van der Waals surface area contributed by atoms with Crippen LogP contribution in [0.1, 0.15) is 37.3 Å². The first kappa shape index (κ1) is 14.9. The molecule has 1 aliphatic heterocycles. The summed E-state index contributed by atoms with van der Waals surface area (Å²) in [6.45, 7) is 0.774. The lowest BCUT2D eigenvalue weighted by atomic mass is 10.2. The number of aromatic nitrogens is 2. The number of carbonyl (C=O) groups excluding carboxylic acids is 1. The van der Waals surface area contributed by atoms with Crippen molar-refractivity contribution in [2.45, 2.75) is 37.6 Å². The topological polar surface area (TPSA) is 71.3 Å². The van der Waals surface area contributed by atoms with E-state index in [2.05, 4.69) is 20.7 Å². The Hall–Kier alpha value is -2.41. The molecule has 3 heterocycles. The van der Waals surface area contributed by atoms with Crippen LogP contribution in [0.3, 0.4) is 0 Å². The van der Waals surface area contributed by atoms with E-state index in [1.54, 1.807) is 0 Å². The molecular formula is C18H18N4O2S. The van der Waals surface area contributed by atoms with Crippen molar-refractivity contribution in [3.8, 4) is 0 Å². The summed E-state index contributed by atoms with van der Waals surface area (Å²) in [6.07, 6.45) is 4.17. The maximum atomic E-state index is 12.8. The van der Waals surface area contributed by atoms with Gasteiger partial charge in [0, 0.05) is 17.8 Å². The molecule has 0 spiro atoms. The summed E-state index contributed by atoms with van der Waals surface area (Å²) in [7, 11) is 0. The molecule has 2 aliphatic rings. The van der Waals surface area contributed by atoms with Gasteiger partial charge in [0.1, 0.15) is 11.6 Å². The Labute approximate surface area is 148 Å². The van der Waals surface area contributed by atoms with Crippen LogP contribution in [0.4, 0.5) is 11.1 Å². The molecule has 1 saturated carbocycles. The number of hydrogen-bond donors (Lipinski definition) is 1. The highest BCUT2D eigenvalue weighted by Crippen LogP contribution is 2.41. The smallest absolute Gasteiger partial charge is 0.299 e. The van der Waals surface area contributed by atoms with E-state index in [1.807, 2.05) is 29.2 Å². The molecular weight excluding hydrogens is 336 g/mol. The molecule has 7 heteroatoms. The van der Waals surface area contributed by atoms with Crippen LogP contribution in [0.2, 0.25) is 0 Å². The van der Waals surface area contributed by atoms with Gasteiger partial charge in [-0.3, -0.25) is 4.79 Å². The minimum atomic E-state index is -0.263. The summed E-state index contributed by atoms with van der Waals surface area (Å²) < 4.78 is 5.85. The molecule has 25 heavy (non-hydrogen) atoms. The highest BCUT2D eigenvalue weighted by molar-refractivity contribution is 7.13. The van der Waals surface area contributed by atoms with E-state index in [-0.39, 0.29) is 11.9 Å². The van der Waals surface area contributed by atoms with Gasteiger partial charge in [-0.15, -0.1) is 11.3 Å². The third kappa shape index (κ3) is 2.78. The molecule has 2 fully saturated rings. The maximum Gasteiger partial charge on any atom is 0.299 e. The fourth-order valence-electron chi connectivity index (χ4n) is 3.35. The second kappa shape index (κ2) is 5.84. The van der Waals surface area contributed by atoms with Gasteiger partial charge in [0.25, 0.3) is 6.01 Å². The monoisotopic (exact) mass is 354 g/mol. The number of benzene rings is 1. The number of nitrogens with zero attached hydrogens (tertiary/aromatic N) is 3. The SMILES string of the molecule is O=C(Nc1nc(C2CC2)cs1)[C@@H]1CCCN1c1nc2ccccc2o1. The summed E-state index contributed by atoms with van der Waals surface area (Å²) in [5.41, 5.74) is 2.68. The fourth-order valence-corrected chi connectivity index (χ4v) is 4.15. The molecule has 128 valence electrons. The zero-order valence-corrected chi connectivity index (χ0v) is 14.5. The average molecular weight is 354 g/mol. The number of anilines is 2. The van der Waals surface area contributed by atoms with E-state index in [0.717, 1.165) is 36.2 Å². The lowest BCUT2D eigenvalue weighted by Gasteiger charge is -2.21. The summed E-state index contributed by atoms with van der Waals surface area (Å²) in [4.78, 5) is 23.8. The molecule has 1 atom stereocenters. The lowest BCUT2D eigenvalue weighted by Crippen LogP contribution is -2.39. The minimum Gasteiger partial charge on any atom is -0.423 e. The van der Waals surface area contributed by atoms with Crippen molar-refractivity contribution in [1.82, 2.24) is 9.97 Å². The van der Waals surface area contributed by atoms with Gasteiger partial charge >= 0.3 is 0 Å². The van der Waals surface area contributed by atoms with Crippen LogP contribution in [-0.2, 0) is 4.79 Å². The molecule has 1 N–H and O–H groups in total. The Bertz CT molecular complexity index is 897. The zero-order chi connectivity index (χ0) is 16.8. The second-order valence-corrected chi connectivity index (χ2v) is 7.51. The molecule has 1 aliphatic carbocycles. The highest BCUT2D eigenvalue weighted by Gasteiger charge is 2.34. The Morgan fingerprint density at radius 1 is 1.24 bits per heavy atom. The summed E-state index contributed by atoms with van der Waals surface area (Å²) in [5, 5.41) is 5.72. The predicted molar refractivity (Wildman–Crippen MR) is 97.1 cm³/mol. The molecule has 3 aromatic rings. The fraction of sp³-hybridized carbons (Fsp3) is 0.389. The number of oxazole rings is 1. The van der Waals surface area contributed by atoms with Crippen molar-refractivity contribution >= 4 is 39.5 Å². The van der Waals surface area contributed by atoms with E-state index in [0.29, 0.717) is 17.1 Å². The average Bonchev–Trinajstić information content (AvgIpc) is 3.03. The normalized spacial score (nSPS) is 20.3. The van der Waals surface area contributed by atoms with Gasteiger partial charge in [0.15, 0.2) is 10.7 Å². The van der Waals surface area contributed by atoms with Crippen molar-refractivity contribution in [3.63, 3.8) is 0 Å². The minimum absolute atomic E-state index is 0.0311. The zero-order valence-electron chi connectivity index (χ0n) is 13.6. The van der Waals surface area contributed by atoms with Gasteiger partial charge in [0.2, 0.25) is 5.91 Å². The number of para-hydroxylation sites is 2. The van der Waals surface area contributed by atoms with Crippen LogP contribution in [-0.4, -0.2) is 28.5 Å². The second-order valence-electron chi connectivity index (χ2n) is 6.66. The van der Waals surface area contributed by atoms with Gasteiger partial charge < -0.3 is 14.6 Å². The summed E-state index contributed by atoms with van der Waals surface area (Å²) in [6, 6.07) is 7.93. The first-order chi connectivity index (χ1) is 12.3. The Kier molecular flexibility index (Phi) is 3.48. The highest BCUT2D eigenvalue weighted by atomic mass is 32.1. The number of fused-ring (bicyclic) bond motifs is 1. The number of nitrogens with one attached hydrogen (secondary N) is 1. The van der Waals surface area contributed by atoms with Gasteiger partial charge in [-0.05, 0) is 37.8 Å². The lowest BCUT2D eigenvalue weighted by molar-refractivity contribution is -0.117. The first-order valence-electron chi connectivity index (χ1n) is 8.66. The van der Waals surface area contributed by atoms with Crippen molar-refractivity contribution in [2.24, 2.45) is 0 Å². The molecule has 5 rings (SSSR count). The molecule has 1 aromatic carbocycles. The van der Waals surface area contributed by atoms with Gasteiger partial charge in [-0.2, -0.15) is 4.98 Å². The number of thiazole rings is 1. The Balaban J connectivity index is 1.35. The Morgan fingerprint density at radius 2 is 2.12 bits per heavy atom. The van der Waals surface area contributed by atoms with Crippen LogP contribution < -0.4 is 10.2 Å². The number of carbonyl (C=O) groups is 1. The van der Waals surface area contributed by atoms with Crippen LogP contribution in [0.15, 0.2) is 34.1 Å². The van der Waals surface area contributed by atoms with Crippen molar-refractivity contribution in [3.05, 3.63) is 35.3 Å². The molecule has 0 unspecified atom stereocenters. The molecule has 0 radical (unpaired) electrons. The maximum absolute atomic E-state index is 12.8. The number of rotatable bonds is 4. The Morgan fingerprint density at radius 3 is 2.96 bits per heavy atom. The number of hydrogen-bond acceptors (Lipinski definition) is 6. The molecule has 2 aromatic heterocycles. The third-order valence-corrected chi connectivity index (χ3v) is 5.61. The standard InChI is InChI=1S/C18H18N4O2S/c23-16(21-17-19-13(10-25-17)11-7-8-11)14-5-3-9-22(14)18-20-12-4-1-2-6-15(12)24-18/h1-2,4,6,10-11,14H,3,5,7-9H2,(H,19,21,23)/t14-/m0/s1. The first-order valence-corrected chi connectivity index (χ1v) is 9.54. The van der Waals surface area contributed by atoms with Gasteiger partial charge in [0.05, 0.1) is 5.69 Å². The molecule has 1 amide bonds. The van der Waals surface area contributed by atoms with E-state index < -0.39 is 0 Å². The molecule has 0 bridgehead atoms. The van der Waals surface area contributed by atoms with Gasteiger partial charge in [-0.25, -0.2) is 4.98 Å². The van der Waals surface area contributed by atoms with Crippen LogP contribution in [0, 0.1) is 0 Å². The predicted octanol–water partition coefficient (Wildman–Crippen LogP) is 3.77. The molecule has 1 saturated heterocycles. The van der Waals surface area contributed by atoms with E-state index in [1.165, 1.54) is 24.2 Å². The largest absolute Gasteiger partial charge is 0.423 e. The van der Waals surface area contributed by atoms with E-state index >= 15 is 0 Å². The summed E-state index contributed by atoms with van der Waals surface area (Å²) in [5.74, 6) is 0.570. The van der Waals surface area contributed by atoms with E-state index in [4.69, 9.17) is 4.42 Å². The quantitative estimate of drug-likeness (QED) is 0.772. The van der Waals surface area contributed by atoms with Gasteiger partial charge in [-0.1, -0.05) is 12.1 Å². The van der Waals surface area contributed by atoms with Crippen LogP contribution in [0.25, 0.3) is 11.1 Å². The van der Waals surface area contributed by atoms with Crippen LogP contribution >= 0.6 is 11.3 Å². The van der Waals surface area contributed by atoms with Crippen molar-refractivity contribution in [2.75, 3.05) is 16.8 Å². The molecule has 6 nitrogen and oxygen atoms in total. The van der Waals surface area contributed by atoms with Crippen molar-refractivity contribution in [1.29, 1.82) is 0 Å². The summed E-state index contributed by atoms with van der Waals surface area (Å²) >= 11 is 1.51. The third-order valence-electron chi connectivity index (χ3n) is 4.83.